The fourth-order valence-corrected chi connectivity index (χ4v) is 2.07. The van der Waals surface area contributed by atoms with Crippen LogP contribution in [0.5, 0.6) is 0 Å². The van der Waals surface area contributed by atoms with Crippen LogP contribution in [0.15, 0.2) is 18.3 Å². The third-order valence-corrected chi connectivity index (χ3v) is 2.94. The second-order valence-corrected chi connectivity index (χ2v) is 4.04. The second-order valence-electron chi connectivity index (χ2n) is 4.04. The van der Waals surface area contributed by atoms with E-state index >= 15 is 0 Å². The molecule has 3 nitrogen and oxygen atoms in total. The summed E-state index contributed by atoms with van der Waals surface area (Å²) >= 11 is 0. The Balaban J connectivity index is 2.91. The standard InChI is InChI=1S/C13H22N2O/c1-4-12(5-2)15(8-9-16)13-6-7-14-11(3)10-13/h6-7,10,12,16H,4-5,8-9H2,1-3H3. The third kappa shape index (κ3) is 3.20. The van der Waals surface area contributed by atoms with Gasteiger partial charge in [-0.2, -0.15) is 0 Å². The van der Waals surface area contributed by atoms with Crippen molar-refractivity contribution in [2.45, 2.75) is 39.7 Å². The number of aliphatic hydroxyl groups excluding tert-OH is 1. The van der Waals surface area contributed by atoms with Crippen LogP contribution < -0.4 is 4.90 Å². The highest BCUT2D eigenvalue weighted by molar-refractivity contribution is 5.47. The second kappa shape index (κ2) is 6.48. The van der Waals surface area contributed by atoms with Crippen LogP contribution in [0.2, 0.25) is 0 Å². The molecule has 0 atom stereocenters. The van der Waals surface area contributed by atoms with Crippen molar-refractivity contribution >= 4 is 5.69 Å². The molecule has 0 unspecified atom stereocenters. The first-order chi connectivity index (χ1) is 7.72. The predicted molar refractivity (Wildman–Crippen MR) is 67.8 cm³/mol. The van der Waals surface area contributed by atoms with Crippen LogP contribution in [0, 0.1) is 6.92 Å². The van der Waals surface area contributed by atoms with Gasteiger partial charge in [0.15, 0.2) is 0 Å². The Labute approximate surface area is 98.1 Å². The monoisotopic (exact) mass is 222 g/mol. The van der Waals surface area contributed by atoms with Gasteiger partial charge in [0, 0.05) is 30.2 Å². The molecule has 0 aliphatic carbocycles. The van der Waals surface area contributed by atoms with E-state index in [1.165, 1.54) is 0 Å². The Hall–Kier alpha value is -1.09. The number of nitrogens with zero attached hydrogens (tertiary/aromatic N) is 2. The fourth-order valence-electron chi connectivity index (χ4n) is 2.07. The SMILES string of the molecule is CCC(CC)N(CCO)c1ccnc(C)c1. The smallest absolute Gasteiger partial charge is 0.0606 e. The Morgan fingerprint density at radius 3 is 2.56 bits per heavy atom. The van der Waals surface area contributed by atoms with Crippen molar-refractivity contribution in [3.05, 3.63) is 24.0 Å². The fraction of sp³-hybridized carbons (Fsp3) is 0.615. The van der Waals surface area contributed by atoms with Crippen LogP contribution in [0.4, 0.5) is 5.69 Å². The quantitative estimate of drug-likeness (QED) is 0.803. The lowest BCUT2D eigenvalue weighted by Crippen LogP contribution is -2.36. The normalized spacial score (nSPS) is 10.8. The molecule has 0 aromatic carbocycles. The molecular weight excluding hydrogens is 200 g/mol. The molecule has 1 aromatic rings. The van der Waals surface area contributed by atoms with Gasteiger partial charge >= 0.3 is 0 Å². The van der Waals surface area contributed by atoms with Gasteiger partial charge in [-0.05, 0) is 31.9 Å². The van der Waals surface area contributed by atoms with Crippen molar-refractivity contribution in [2.75, 3.05) is 18.1 Å². The summed E-state index contributed by atoms with van der Waals surface area (Å²) in [5.41, 5.74) is 2.18. The highest BCUT2D eigenvalue weighted by atomic mass is 16.3. The molecule has 16 heavy (non-hydrogen) atoms. The molecule has 0 bridgehead atoms. The van der Waals surface area contributed by atoms with Gasteiger partial charge in [0.2, 0.25) is 0 Å². The molecule has 0 saturated carbocycles. The maximum Gasteiger partial charge on any atom is 0.0606 e. The van der Waals surface area contributed by atoms with E-state index in [0.717, 1.165) is 24.2 Å². The molecule has 1 rings (SSSR count). The summed E-state index contributed by atoms with van der Waals surface area (Å²) < 4.78 is 0. The molecule has 3 heteroatoms. The molecule has 90 valence electrons. The Morgan fingerprint density at radius 1 is 1.38 bits per heavy atom. The van der Waals surface area contributed by atoms with Crippen molar-refractivity contribution in [2.24, 2.45) is 0 Å². The zero-order valence-electron chi connectivity index (χ0n) is 10.5. The molecule has 1 N–H and O–H groups in total. The van der Waals surface area contributed by atoms with Crippen LogP contribution in [0.25, 0.3) is 0 Å². The van der Waals surface area contributed by atoms with Gasteiger partial charge in [0.1, 0.15) is 0 Å². The minimum Gasteiger partial charge on any atom is -0.395 e. The van der Waals surface area contributed by atoms with E-state index < -0.39 is 0 Å². The maximum absolute atomic E-state index is 9.15. The van der Waals surface area contributed by atoms with Crippen LogP contribution >= 0.6 is 0 Å². The molecule has 0 saturated heterocycles. The van der Waals surface area contributed by atoms with E-state index in [0.29, 0.717) is 12.6 Å². The zero-order valence-corrected chi connectivity index (χ0v) is 10.5. The largest absolute Gasteiger partial charge is 0.395 e. The average Bonchev–Trinajstić information content (AvgIpc) is 2.29. The van der Waals surface area contributed by atoms with Gasteiger partial charge in [0.25, 0.3) is 0 Å². The van der Waals surface area contributed by atoms with Gasteiger partial charge in [-0.15, -0.1) is 0 Å². The van der Waals surface area contributed by atoms with Gasteiger partial charge in [0.05, 0.1) is 6.61 Å². The maximum atomic E-state index is 9.15. The molecule has 1 heterocycles. The van der Waals surface area contributed by atoms with Gasteiger partial charge < -0.3 is 10.0 Å². The van der Waals surface area contributed by atoms with Crippen molar-refractivity contribution in [3.8, 4) is 0 Å². The van der Waals surface area contributed by atoms with Crippen molar-refractivity contribution in [1.29, 1.82) is 0 Å². The highest BCUT2D eigenvalue weighted by Crippen LogP contribution is 2.20. The summed E-state index contributed by atoms with van der Waals surface area (Å²) in [6, 6.07) is 4.59. The Morgan fingerprint density at radius 2 is 2.06 bits per heavy atom. The lowest BCUT2D eigenvalue weighted by atomic mass is 10.1. The summed E-state index contributed by atoms with van der Waals surface area (Å²) in [4.78, 5) is 6.48. The predicted octanol–water partition coefficient (Wildman–Crippen LogP) is 2.38. The molecule has 0 aliphatic rings. The first kappa shape index (κ1) is 13.0. The van der Waals surface area contributed by atoms with Crippen LogP contribution in [-0.2, 0) is 0 Å². The van der Waals surface area contributed by atoms with E-state index in [-0.39, 0.29) is 6.61 Å². The number of aromatic nitrogens is 1. The molecule has 0 fully saturated rings. The lowest BCUT2D eigenvalue weighted by molar-refractivity contribution is 0.296. The van der Waals surface area contributed by atoms with Crippen LogP contribution in [-0.4, -0.2) is 29.3 Å². The van der Waals surface area contributed by atoms with E-state index in [1.807, 2.05) is 19.2 Å². The number of hydrogen-bond acceptors (Lipinski definition) is 3. The van der Waals surface area contributed by atoms with Crippen LogP contribution in [0.1, 0.15) is 32.4 Å². The number of rotatable bonds is 6. The van der Waals surface area contributed by atoms with Gasteiger partial charge in [-0.3, -0.25) is 4.98 Å². The molecule has 0 radical (unpaired) electrons. The van der Waals surface area contributed by atoms with Crippen molar-refractivity contribution in [1.82, 2.24) is 4.98 Å². The third-order valence-electron chi connectivity index (χ3n) is 2.94. The van der Waals surface area contributed by atoms with E-state index in [2.05, 4.69) is 29.8 Å². The van der Waals surface area contributed by atoms with E-state index in [9.17, 15) is 0 Å². The molecule has 0 spiro atoms. The minimum absolute atomic E-state index is 0.192. The number of aryl methyl sites for hydroxylation is 1. The molecule has 1 aromatic heterocycles. The zero-order chi connectivity index (χ0) is 12.0. The topological polar surface area (TPSA) is 36.4 Å². The Bertz CT molecular complexity index is 311. The summed E-state index contributed by atoms with van der Waals surface area (Å²) in [5.74, 6) is 0. The molecule has 0 amide bonds. The first-order valence-corrected chi connectivity index (χ1v) is 6.03. The molecule has 0 aliphatic heterocycles. The molecular formula is C13H22N2O. The minimum atomic E-state index is 0.192. The lowest BCUT2D eigenvalue weighted by Gasteiger charge is -2.32. The number of pyridine rings is 1. The van der Waals surface area contributed by atoms with E-state index in [4.69, 9.17) is 5.11 Å². The van der Waals surface area contributed by atoms with Crippen molar-refractivity contribution in [3.63, 3.8) is 0 Å². The van der Waals surface area contributed by atoms with E-state index in [1.54, 1.807) is 0 Å². The first-order valence-electron chi connectivity index (χ1n) is 6.03. The summed E-state index contributed by atoms with van der Waals surface area (Å²) in [7, 11) is 0. The number of anilines is 1. The summed E-state index contributed by atoms with van der Waals surface area (Å²) in [5, 5.41) is 9.15. The van der Waals surface area contributed by atoms with Gasteiger partial charge in [-0.1, -0.05) is 13.8 Å². The number of aliphatic hydroxyl groups is 1. The average molecular weight is 222 g/mol. The number of hydrogen-bond donors (Lipinski definition) is 1. The summed E-state index contributed by atoms with van der Waals surface area (Å²) in [6.45, 7) is 7.25. The van der Waals surface area contributed by atoms with Crippen LogP contribution in [0.3, 0.4) is 0 Å². The highest BCUT2D eigenvalue weighted by Gasteiger charge is 2.15. The Kier molecular flexibility index (Phi) is 5.26. The van der Waals surface area contributed by atoms with Crippen molar-refractivity contribution < 1.29 is 5.11 Å². The van der Waals surface area contributed by atoms with Gasteiger partial charge in [-0.25, -0.2) is 0 Å². The summed E-state index contributed by atoms with van der Waals surface area (Å²) in [6.07, 6.45) is 4.02.